The lowest BCUT2D eigenvalue weighted by molar-refractivity contribution is -0.138. The van der Waals surface area contributed by atoms with Crippen LogP contribution in [0.3, 0.4) is 0 Å². The molecule has 0 atom stereocenters. The Morgan fingerprint density at radius 3 is 2.55 bits per heavy atom. The summed E-state index contributed by atoms with van der Waals surface area (Å²) in [5.74, 6) is 1.20. The maximum absolute atomic E-state index is 13.0. The highest BCUT2D eigenvalue weighted by molar-refractivity contribution is 9.10. The first-order valence-corrected chi connectivity index (χ1v) is 8.08. The summed E-state index contributed by atoms with van der Waals surface area (Å²) in [5.41, 5.74) is -1.23. The molecule has 1 aliphatic rings. The second-order valence-corrected chi connectivity index (χ2v) is 6.69. The molecule has 0 bridgehead atoms. The normalized spacial score (nSPS) is 17.0. The fourth-order valence-corrected chi connectivity index (χ4v) is 3.52. The number of hydrogen-bond acceptors (Lipinski definition) is 2. The van der Waals surface area contributed by atoms with E-state index in [2.05, 4.69) is 21.2 Å². The Morgan fingerprint density at radius 1 is 1.30 bits per heavy atom. The Labute approximate surface area is 127 Å². The van der Waals surface area contributed by atoms with Gasteiger partial charge in [-0.15, -0.1) is 0 Å². The number of thioether (sulfide) groups is 1. The Balaban J connectivity index is 2.20. The van der Waals surface area contributed by atoms with Gasteiger partial charge < -0.3 is 5.32 Å². The summed E-state index contributed by atoms with van der Waals surface area (Å²) < 4.78 is 39.2. The number of carbonyl (C=O) groups excluding carboxylic acids is 1. The van der Waals surface area contributed by atoms with E-state index in [9.17, 15) is 18.0 Å². The van der Waals surface area contributed by atoms with Crippen molar-refractivity contribution in [1.82, 2.24) is 5.32 Å². The molecule has 7 heteroatoms. The molecular weight excluding hydrogens is 355 g/mol. The summed E-state index contributed by atoms with van der Waals surface area (Å²) in [7, 11) is 0. The van der Waals surface area contributed by atoms with Gasteiger partial charge in [-0.05, 0) is 42.5 Å². The van der Waals surface area contributed by atoms with Gasteiger partial charge in [0.25, 0.3) is 5.91 Å². The summed E-state index contributed by atoms with van der Waals surface area (Å²) in [6, 6.07) is 3.56. The fraction of sp³-hybridized carbons (Fsp3) is 0.462. The maximum Gasteiger partial charge on any atom is 0.417 e. The van der Waals surface area contributed by atoms with Crippen molar-refractivity contribution in [1.29, 1.82) is 0 Å². The van der Waals surface area contributed by atoms with Crippen LogP contribution in [0.4, 0.5) is 13.2 Å². The molecule has 1 aliphatic heterocycles. The van der Waals surface area contributed by atoms with E-state index in [-0.39, 0.29) is 11.6 Å². The van der Waals surface area contributed by atoms with Crippen molar-refractivity contribution in [3.8, 4) is 0 Å². The molecule has 1 fully saturated rings. The van der Waals surface area contributed by atoms with E-state index >= 15 is 0 Å². The second-order valence-electron chi connectivity index (χ2n) is 4.55. The minimum absolute atomic E-state index is 0.0338. The summed E-state index contributed by atoms with van der Waals surface area (Å²) in [6.45, 7) is 0. The minimum atomic E-state index is -4.54. The number of halogens is 4. The van der Waals surface area contributed by atoms with Crippen molar-refractivity contribution < 1.29 is 18.0 Å². The number of hydrogen-bond donors (Lipinski definition) is 1. The standard InChI is InChI=1S/C13H13BrF3NOS/c14-8-1-2-10(11(7-8)13(15,16)17)12(19)18-9-3-5-20-6-4-9/h1-2,7,9H,3-6H2,(H,18,19). The van der Waals surface area contributed by atoms with Gasteiger partial charge in [0.2, 0.25) is 0 Å². The third kappa shape index (κ3) is 3.91. The summed E-state index contributed by atoms with van der Waals surface area (Å²) in [6.07, 6.45) is -2.94. The first kappa shape index (κ1) is 15.7. The maximum atomic E-state index is 13.0. The molecule has 1 aromatic carbocycles. The lowest BCUT2D eigenvalue weighted by atomic mass is 10.1. The fourth-order valence-electron chi connectivity index (χ4n) is 2.05. The van der Waals surface area contributed by atoms with Crippen LogP contribution in [-0.4, -0.2) is 23.5 Å². The van der Waals surface area contributed by atoms with Gasteiger partial charge >= 0.3 is 6.18 Å². The molecule has 20 heavy (non-hydrogen) atoms. The molecule has 0 unspecified atom stereocenters. The van der Waals surface area contributed by atoms with E-state index in [0.29, 0.717) is 4.47 Å². The Kier molecular flexibility index (Phi) is 5.01. The van der Waals surface area contributed by atoms with Crippen LogP contribution in [0.15, 0.2) is 22.7 Å². The first-order valence-electron chi connectivity index (χ1n) is 6.13. The van der Waals surface area contributed by atoms with Gasteiger partial charge in [-0.2, -0.15) is 24.9 Å². The van der Waals surface area contributed by atoms with Crippen LogP contribution in [0.25, 0.3) is 0 Å². The lowest BCUT2D eigenvalue weighted by Gasteiger charge is -2.23. The van der Waals surface area contributed by atoms with Crippen LogP contribution in [0, 0.1) is 0 Å². The van der Waals surface area contributed by atoms with Crippen molar-refractivity contribution >= 4 is 33.6 Å². The Hall–Kier alpha value is -0.690. The van der Waals surface area contributed by atoms with Crippen LogP contribution in [0.2, 0.25) is 0 Å². The molecule has 0 aliphatic carbocycles. The monoisotopic (exact) mass is 367 g/mol. The molecule has 0 spiro atoms. The zero-order valence-electron chi connectivity index (χ0n) is 10.5. The van der Waals surface area contributed by atoms with Crippen molar-refractivity contribution in [3.63, 3.8) is 0 Å². The number of benzene rings is 1. The third-order valence-electron chi connectivity index (χ3n) is 3.09. The van der Waals surface area contributed by atoms with Crippen LogP contribution in [0.5, 0.6) is 0 Å². The van der Waals surface area contributed by atoms with E-state index < -0.39 is 17.6 Å². The highest BCUT2D eigenvalue weighted by Gasteiger charge is 2.35. The van der Waals surface area contributed by atoms with E-state index in [1.807, 2.05) is 0 Å². The summed E-state index contributed by atoms with van der Waals surface area (Å²) in [4.78, 5) is 12.1. The molecule has 1 aromatic rings. The van der Waals surface area contributed by atoms with Crippen molar-refractivity contribution in [2.24, 2.45) is 0 Å². The van der Waals surface area contributed by atoms with E-state index in [4.69, 9.17) is 0 Å². The number of nitrogens with one attached hydrogen (secondary N) is 1. The average Bonchev–Trinajstić information content (AvgIpc) is 2.38. The number of amides is 1. The predicted octanol–water partition coefficient (Wildman–Crippen LogP) is 4.09. The molecule has 2 rings (SSSR count). The third-order valence-corrected chi connectivity index (χ3v) is 4.63. The molecule has 110 valence electrons. The first-order chi connectivity index (χ1) is 9.38. The highest BCUT2D eigenvalue weighted by atomic mass is 79.9. The zero-order chi connectivity index (χ0) is 14.8. The van der Waals surface area contributed by atoms with E-state index in [1.165, 1.54) is 12.1 Å². The van der Waals surface area contributed by atoms with Crippen LogP contribution in [0.1, 0.15) is 28.8 Å². The number of carbonyl (C=O) groups is 1. The zero-order valence-corrected chi connectivity index (χ0v) is 12.9. The van der Waals surface area contributed by atoms with Crippen LogP contribution in [-0.2, 0) is 6.18 Å². The van der Waals surface area contributed by atoms with Crippen molar-refractivity contribution in [2.75, 3.05) is 11.5 Å². The lowest BCUT2D eigenvalue weighted by Crippen LogP contribution is -2.38. The predicted molar refractivity (Wildman–Crippen MR) is 77.0 cm³/mol. The molecule has 1 amide bonds. The number of rotatable bonds is 2. The molecule has 0 saturated carbocycles. The largest absolute Gasteiger partial charge is 0.417 e. The van der Waals surface area contributed by atoms with Gasteiger partial charge in [0.15, 0.2) is 0 Å². The van der Waals surface area contributed by atoms with E-state index in [0.717, 1.165) is 30.4 Å². The molecule has 2 nitrogen and oxygen atoms in total. The quantitative estimate of drug-likeness (QED) is 0.852. The molecule has 1 saturated heterocycles. The topological polar surface area (TPSA) is 29.1 Å². The number of alkyl halides is 3. The summed E-state index contributed by atoms with van der Waals surface area (Å²) in [5, 5.41) is 2.70. The SMILES string of the molecule is O=C(NC1CCSCC1)c1ccc(Br)cc1C(F)(F)F. The van der Waals surface area contributed by atoms with E-state index in [1.54, 1.807) is 11.8 Å². The van der Waals surface area contributed by atoms with Crippen molar-refractivity contribution in [2.45, 2.75) is 25.1 Å². The average molecular weight is 368 g/mol. The highest BCUT2D eigenvalue weighted by Crippen LogP contribution is 2.34. The molecular formula is C13H13BrF3NOS. The van der Waals surface area contributed by atoms with Gasteiger partial charge in [-0.1, -0.05) is 15.9 Å². The van der Waals surface area contributed by atoms with Gasteiger partial charge in [0.05, 0.1) is 11.1 Å². The van der Waals surface area contributed by atoms with Gasteiger partial charge in [0.1, 0.15) is 0 Å². The molecule has 0 radical (unpaired) electrons. The van der Waals surface area contributed by atoms with Gasteiger partial charge in [-0.25, -0.2) is 0 Å². The van der Waals surface area contributed by atoms with Crippen LogP contribution < -0.4 is 5.32 Å². The molecule has 1 heterocycles. The van der Waals surface area contributed by atoms with Gasteiger partial charge in [0, 0.05) is 10.5 Å². The van der Waals surface area contributed by atoms with Gasteiger partial charge in [-0.3, -0.25) is 4.79 Å². The molecule has 0 aromatic heterocycles. The van der Waals surface area contributed by atoms with Crippen LogP contribution >= 0.6 is 27.7 Å². The molecule has 1 N–H and O–H groups in total. The minimum Gasteiger partial charge on any atom is -0.349 e. The second kappa shape index (κ2) is 6.39. The Morgan fingerprint density at radius 2 is 1.95 bits per heavy atom. The Bertz CT molecular complexity index is 501. The smallest absolute Gasteiger partial charge is 0.349 e. The van der Waals surface area contributed by atoms with Crippen molar-refractivity contribution in [3.05, 3.63) is 33.8 Å². The summed E-state index contributed by atoms with van der Waals surface area (Å²) >= 11 is 4.80.